The van der Waals surface area contributed by atoms with Crippen LogP contribution in [0.1, 0.15) is 42.8 Å². The number of thiophene rings is 1. The normalized spacial score (nSPS) is 12.2. The van der Waals surface area contributed by atoms with Gasteiger partial charge in [0.1, 0.15) is 12.6 Å². The predicted molar refractivity (Wildman–Crippen MR) is 142 cm³/mol. The van der Waals surface area contributed by atoms with Crippen molar-refractivity contribution in [1.29, 1.82) is 0 Å². The second-order valence-electron chi connectivity index (χ2n) is 9.72. The summed E-state index contributed by atoms with van der Waals surface area (Å²) in [7, 11) is 0. The monoisotopic (exact) mass is 502 g/mol. The van der Waals surface area contributed by atoms with Crippen LogP contribution in [0.4, 0.5) is 5.69 Å². The summed E-state index contributed by atoms with van der Waals surface area (Å²) in [5.74, 6) is -0.140. The topological polar surface area (TPSA) is 93.0 Å². The number of para-hydroxylation sites is 1. The van der Waals surface area contributed by atoms with Crippen molar-refractivity contribution in [2.45, 2.75) is 52.7 Å². The standard InChI is InChI=1S/C27H30N6O2S/c1-18-12-14-20(15-13-18)25-29-31-32(30-25)17-23(34)33(21-10-7-6-9-19(21)2)24(22-11-8-16-36-22)26(35)28-27(3,4)5/h6-16,24H,17H2,1-5H3,(H,28,35)/t24-/m1/s1. The molecule has 0 unspecified atom stereocenters. The molecule has 36 heavy (non-hydrogen) atoms. The molecule has 0 aliphatic heterocycles. The van der Waals surface area contributed by atoms with E-state index in [9.17, 15) is 9.59 Å². The smallest absolute Gasteiger partial charge is 0.251 e. The number of nitrogens with one attached hydrogen (secondary N) is 1. The number of hydrogen-bond acceptors (Lipinski definition) is 6. The maximum absolute atomic E-state index is 13.9. The van der Waals surface area contributed by atoms with E-state index < -0.39 is 11.6 Å². The molecule has 8 nitrogen and oxygen atoms in total. The molecule has 2 aromatic carbocycles. The van der Waals surface area contributed by atoms with Crippen molar-refractivity contribution >= 4 is 28.8 Å². The van der Waals surface area contributed by atoms with Crippen molar-refractivity contribution in [3.8, 4) is 11.4 Å². The van der Waals surface area contributed by atoms with Crippen LogP contribution >= 0.6 is 11.3 Å². The van der Waals surface area contributed by atoms with Gasteiger partial charge in [0.2, 0.25) is 11.7 Å². The number of rotatable bonds is 7. The highest BCUT2D eigenvalue weighted by Gasteiger charge is 2.36. The maximum atomic E-state index is 13.9. The Hall–Kier alpha value is -3.85. The number of hydrogen-bond donors (Lipinski definition) is 1. The van der Waals surface area contributed by atoms with Crippen molar-refractivity contribution < 1.29 is 9.59 Å². The Bertz CT molecular complexity index is 1340. The van der Waals surface area contributed by atoms with E-state index in [1.54, 1.807) is 4.90 Å². The zero-order valence-corrected chi connectivity index (χ0v) is 21.9. The van der Waals surface area contributed by atoms with Gasteiger partial charge in [-0.05, 0) is 62.9 Å². The quantitative estimate of drug-likeness (QED) is 0.395. The van der Waals surface area contributed by atoms with Gasteiger partial charge in [0, 0.05) is 21.7 Å². The molecule has 186 valence electrons. The summed E-state index contributed by atoms with van der Waals surface area (Å²) in [5, 5.41) is 17.6. The van der Waals surface area contributed by atoms with Crippen LogP contribution in [0.25, 0.3) is 11.4 Å². The zero-order chi connectivity index (χ0) is 25.9. The molecule has 0 aliphatic carbocycles. The molecule has 4 aromatic rings. The van der Waals surface area contributed by atoms with Crippen molar-refractivity contribution in [3.05, 3.63) is 82.0 Å². The average molecular weight is 503 g/mol. The number of carbonyl (C=O) groups is 2. The van der Waals surface area contributed by atoms with Crippen LogP contribution in [0.15, 0.2) is 66.0 Å². The minimum Gasteiger partial charge on any atom is -0.349 e. The molecule has 0 fully saturated rings. The first-order chi connectivity index (χ1) is 17.1. The van der Waals surface area contributed by atoms with Gasteiger partial charge in [0.25, 0.3) is 5.91 Å². The second kappa shape index (κ2) is 10.4. The van der Waals surface area contributed by atoms with Crippen molar-refractivity contribution in [3.63, 3.8) is 0 Å². The number of anilines is 1. The van der Waals surface area contributed by atoms with E-state index in [4.69, 9.17) is 0 Å². The van der Waals surface area contributed by atoms with Crippen LogP contribution < -0.4 is 10.2 Å². The van der Waals surface area contributed by atoms with Gasteiger partial charge in [0.05, 0.1) is 0 Å². The molecule has 9 heteroatoms. The SMILES string of the molecule is Cc1ccc(-c2nnn(CC(=O)N(c3ccccc3C)[C@@H](C(=O)NC(C)(C)C)c3cccs3)n2)cc1. The minimum atomic E-state index is -0.849. The first-order valence-electron chi connectivity index (χ1n) is 11.7. The van der Waals surface area contributed by atoms with Gasteiger partial charge < -0.3 is 5.32 Å². The molecule has 2 aromatic heterocycles. The van der Waals surface area contributed by atoms with Crippen LogP contribution in [0, 0.1) is 13.8 Å². The first-order valence-corrected chi connectivity index (χ1v) is 12.6. The van der Waals surface area contributed by atoms with Gasteiger partial charge in [-0.2, -0.15) is 4.80 Å². The lowest BCUT2D eigenvalue weighted by atomic mass is 10.0. The molecule has 2 heterocycles. The van der Waals surface area contributed by atoms with Crippen molar-refractivity contribution in [1.82, 2.24) is 25.5 Å². The number of aromatic nitrogens is 4. The fourth-order valence-corrected chi connectivity index (χ4v) is 4.65. The fraction of sp³-hybridized carbons (Fsp3) is 0.296. The van der Waals surface area contributed by atoms with E-state index >= 15 is 0 Å². The van der Waals surface area contributed by atoms with E-state index in [-0.39, 0.29) is 18.4 Å². The maximum Gasteiger partial charge on any atom is 0.251 e. The second-order valence-corrected chi connectivity index (χ2v) is 10.7. The molecular formula is C27H30N6O2S. The number of nitrogens with zero attached hydrogens (tertiary/aromatic N) is 5. The predicted octanol–water partition coefficient (Wildman–Crippen LogP) is 4.71. The molecule has 1 atom stereocenters. The van der Waals surface area contributed by atoms with E-state index in [1.807, 2.05) is 101 Å². The number of carbonyl (C=O) groups excluding carboxylic acids is 2. The molecule has 1 N–H and O–H groups in total. The molecule has 2 amide bonds. The number of aryl methyl sites for hydroxylation is 2. The highest BCUT2D eigenvalue weighted by atomic mass is 32.1. The highest BCUT2D eigenvalue weighted by Crippen LogP contribution is 2.33. The van der Waals surface area contributed by atoms with Gasteiger partial charge in [-0.15, -0.1) is 21.5 Å². The molecule has 0 aliphatic rings. The minimum absolute atomic E-state index is 0.169. The molecule has 4 rings (SSSR count). The van der Waals surface area contributed by atoms with Crippen LogP contribution in [-0.4, -0.2) is 37.6 Å². The lowest BCUT2D eigenvalue weighted by molar-refractivity contribution is -0.128. The Morgan fingerprint density at radius 1 is 1.03 bits per heavy atom. The van der Waals surface area contributed by atoms with Crippen molar-refractivity contribution in [2.24, 2.45) is 0 Å². The van der Waals surface area contributed by atoms with E-state index in [0.717, 1.165) is 21.6 Å². The van der Waals surface area contributed by atoms with E-state index in [0.29, 0.717) is 11.5 Å². The Kier molecular flexibility index (Phi) is 7.30. The number of amides is 2. The molecule has 0 saturated carbocycles. The third-order valence-corrected chi connectivity index (χ3v) is 6.43. The van der Waals surface area contributed by atoms with Gasteiger partial charge in [-0.25, -0.2) is 0 Å². The Labute approximate surface area is 215 Å². The summed E-state index contributed by atoms with van der Waals surface area (Å²) in [6.07, 6.45) is 0. The summed E-state index contributed by atoms with van der Waals surface area (Å²) < 4.78 is 0. The fourth-order valence-electron chi connectivity index (χ4n) is 3.84. The molecule has 0 radical (unpaired) electrons. The van der Waals surface area contributed by atoms with Crippen LogP contribution in [0.3, 0.4) is 0 Å². The molecule has 0 bridgehead atoms. The third kappa shape index (κ3) is 5.85. The Morgan fingerprint density at radius 3 is 2.39 bits per heavy atom. The van der Waals surface area contributed by atoms with Gasteiger partial charge in [-0.3, -0.25) is 14.5 Å². The summed E-state index contributed by atoms with van der Waals surface area (Å²) in [6.45, 7) is 9.52. The van der Waals surface area contributed by atoms with Crippen LogP contribution in [0.5, 0.6) is 0 Å². The average Bonchev–Trinajstić information content (AvgIpc) is 3.50. The van der Waals surface area contributed by atoms with Crippen LogP contribution in [0.2, 0.25) is 0 Å². The third-order valence-electron chi connectivity index (χ3n) is 5.50. The van der Waals surface area contributed by atoms with Crippen molar-refractivity contribution in [2.75, 3.05) is 4.90 Å². The summed E-state index contributed by atoms with van der Waals surface area (Å²) in [4.78, 5) is 31.1. The number of benzene rings is 2. The summed E-state index contributed by atoms with van der Waals surface area (Å²) in [6, 6.07) is 18.2. The van der Waals surface area contributed by atoms with Gasteiger partial charge >= 0.3 is 0 Å². The summed E-state index contributed by atoms with van der Waals surface area (Å²) >= 11 is 1.44. The lowest BCUT2D eigenvalue weighted by Crippen LogP contribution is -2.50. The zero-order valence-electron chi connectivity index (χ0n) is 21.1. The largest absolute Gasteiger partial charge is 0.349 e. The van der Waals surface area contributed by atoms with E-state index in [1.165, 1.54) is 16.1 Å². The Morgan fingerprint density at radius 2 is 1.75 bits per heavy atom. The summed E-state index contributed by atoms with van der Waals surface area (Å²) in [5.41, 5.74) is 3.01. The van der Waals surface area contributed by atoms with E-state index in [2.05, 4.69) is 20.7 Å². The number of tetrazole rings is 1. The van der Waals surface area contributed by atoms with Gasteiger partial charge in [0.15, 0.2) is 0 Å². The highest BCUT2D eigenvalue weighted by molar-refractivity contribution is 7.10. The van der Waals surface area contributed by atoms with Gasteiger partial charge in [-0.1, -0.05) is 54.1 Å². The first kappa shape index (κ1) is 25.2. The lowest BCUT2D eigenvalue weighted by Gasteiger charge is -2.33. The van der Waals surface area contributed by atoms with Crippen LogP contribution in [-0.2, 0) is 16.1 Å². The molecular weight excluding hydrogens is 472 g/mol. The Balaban J connectivity index is 1.71. The molecule has 0 spiro atoms. The molecule has 0 saturated heterocycles.